The van der Waals surface area contributed by atoms with Crippen LogP contribution in [0, 0.1) is 6.92 Å². The average Bonchev–Trinajstić information content (AvgIpc) is 3.26. The van der Waals surface area contributed by atoms with E-state index in [1.54, 1.807) is 12.4 Å². The minimum Gasteiger partial charge on any atom is -0.372 e. The second-order valence-electron chi connectivity index (χ2n) is 6.77. The van der Waals surface area contributed by atoms with Crippen LogP contribution in [0.25, 0.3) is 10.9 Å². The molecule has 26 heavy (non-hydrogen) atoms. The van der Waals surface area contributed by atoms with Gasteiger partial charge in [0.25, 0.3) is 5.91 Å². The quantitative estimate of drug-likeness (QED) is 0.788. The molecule has 0 aliphatic carbocycles. The third-order valence-corrected chi connectivity index (χ3v) is 5.38. The molecular weight excluding hydrogens is 326 g/mol. The Morgan fingerprint density at radius 3 is 2.88 bits per heavy atom. The van der Waals surface area contributed by atoms with Crippen LogP contribution in [-0.4, -0.2) is 38.9 Å². The van der Waals surface area contributed by atoms with Crippen LogP contribution < -0.4 is 5.32 Å². The molecule has 2 aromatic heterocycles. The maximum absolute atomic E-state index is 13.5. The van der Waals surface area contributed by atoms with Gasteiger partial charge >= 0.3 is 0 Å². The Bertz CT molecular complexity index is 977. The Hall–Kier alpha value is -2.89. The third-order valence-electron chi connectivity index (χ3n) is 5.38. The van der Waals surface area contributed by atoms with Gasteiger partial charge in [-0.2, -0.15) is 0 Å². The molecule has 1 aromatic carbocycles. The minimum absolute atomic E-state index is 0.0262. The molecule has 0 bridgehead atoms. The van der Waals surface area contributed by atoms with Crippen molar-refractivity contribution in [2.24, 2.45) is 7.05 Å². The van der Waals surface area contributed by atoms with Crippen molar-refractivity contribution in [3.8, 4) is 0 Å². The molecule has 0 radical (unpaired) electrons. The number of para-hydroxylation sites is 1. The normalized spacial score (nSPS) is 17.0. The summed E-state index contributed by atoms with van der Waals surface area (Å²) >= 11 is 0. The first-order chi connectivity index (χ1) is 12.6. The summed E-state index contributed by atoms with van der Waals surface area (Å²) in [6.45, 7) is 2.76. The molecule has 6 heteroatoms. The summed E-state index contributed by atoms with van der Waals surface area (Å²) in [5.41, 5.74) is 3.73. The second kappa shape index (κ2) is 6.44. The first-order valence-electron chi connectivity index (χ1n) is 8.96. The van der Waals surface area contributed by atoms with Gasteiger partial charge in [-0.25, -0.2) is 4.98 Å². The highest BCUT2D eigenvalue weighted by molar-refractivity contribution is 6.08. The third kappa shape index (κ3) is 2.53. The first-order valence-corrected chi connectivity index (χ1v) is 8.96. The second-order valence-corrected chi connectivity index (χ2v) is 6.77. The number of fused-ring (bicyclic) bond motifs is 1. The SMILES string of the molecule is CNc1cncc(C2CCCN2C(=O)c2c(C)n(C)c3ccccc23)n1. The predicted octanol–water partition coefficient (Wildman–Crippen LogP) is 3.30. The van der Waals surface area contributed by atoms with Crippen LogP contribution in [0.3, 0.4) is 0 Å². The Kier molecular flexibility index (Phi) is 4.11. The number of hydrogen-bond donors (Lipinski definition) is 1. The van der Waals surface area contributed by atoms with Crippen LogP contribution >= 0.6 is 0 Å². The Labute approximate surface area is 152 Å². The largest absolute Gasteiger partial charge is 0.372 e. The molecule has 1 aliphatic heterocycles. The van der Waals surface area contributed by atoms with E-state index in [0.29, 0.717) is 0 Å². The van der Waals surface area contributed by atoms with E-state index in [1.165, 1.54) is 0 Å². The van der Waals surface area contributed by atoms with Crippen molar-refractivity contribution < 1.29 is 4.79 Å². The van der Waals surface area contributed by atoms with E-state index in [0.717, 1.165) is 53.1 Å². The van der Waals surface area contributed by atoms with Gasteiger partial charge in [0.2, 0.25) is 0 Å². The smallest absolute Gasteiger partial charge is 0.256 e. The van der Waals surface area contributed by atoms with Gasteiger partial charge in [0.15, 0.2) is 0 Å². The molecule has 1 unspecified atom stereocenters. The average molecular weight is 349 g/mol. The number of benzene rings is 1. The molecule has 6 nitrogen and oxygen atoms in total. The molecule has 1 N–H and O–H groups in total. The van der Waals surface area contributed by atoms with E-state index in [-0.39, 0.29) is 11.9 Å². The van der Waals surface area contributed by atoms with Crippen molar-refractivity contribution in [1.29, 1.82) is 0 Å². The van der Waals surface area contributed by atoms with Gasteiger partial charge in [0, 0.05) is 37.2 Å². The summed E-state index contributed by atoms with van der Waals surface area (Å²) in [6.07, 6.45) is 5.36. The van der Waals surface area contributed by atoms with Gasteiger partial charge in [-0.15, -0.1) is 0 Å². The molecule has 1 saturated heterocycles. The summed E-state index contributed by atoms with van der Waals surface area (Å²) < 4.78 is 2.09. The number of nitrogens with one attached hydrogen (secondary N) is 1. The van der Waals surface area contributed by atoms with Gasteiger partial charge in [0.1, 0.15) is 5.82 Å². The van der Waals surface area contributed by atoms with Gasteiger partial charge in [-0.3, -0.25) is 9.78 Å². The van der Waals surface area contributed by atoms with Crippen LogP contribution in [0.1, 0.15) is 40.6 Å². The highest BCUT2D eigenvalue weighted by Crippen LogP contribution is 2.35. The minimum atomic E-state index is -0.0262. The molecule has 4 rings (SSSR count). The number of anilines is 1. The van der Waals surface area contributed by atoms with E-state index in [2.05, 4.69) is 25.9 Å². The number of rotatable bonds is 3. The van der Waals surface area contributed by atoms with Crippen LogP contribution in [0.4, 0.5) is 5.82 Å². The highest BCUT2D eigenvalue weighted by atomic mass is 16.2. The number of aromatic nitrogens is 3. The maximum atomic E-state index is 13.5. The molecule has 3 heterocycles. The number of amides is 1. The topological polar surface area (TPSA) is 63.1 Å². The maximum Gasteiger partial charge on any atom is 0.256 e. The zero-order valence-electron chi connectivity index (χ0n) is 15.4. The van der Waals surface area contributed by atoms with Crippen molar-refractivity contribution >= 4 is 22.6 Å². The standard InChI is InChI=1S/C20H23N5O/c1-13-19(14-7-4-5-8-16(14)24(13)3)20(26)25-10-6-9-17(25)15-11-22-12-18(21-2)23-15/h4-5,7-8,11-12,17H,6,9-10H2,1-3H3,(H,21,23). The lowest BCUT2D eigenvalue weighted by Gasteiger charge is -2.24. The fourth-order valence-corrected chi connectivity index (χ4v) is 3.91. The van der Waals surface area contributed by atoms with Crippen molar-refractivity contribution in [2.75, 3.05) is 18.9 Å². The number of nitrogens with zero attached hydrogens (tertiary/aromatic N) is 4. The molecule has 0 saturated carbocycles. The van der Waals surface area contributed by atoms with Gasteiger partial charge < -0.3 is 14.8 Å². The van der Waals surface area contributed by atoms with Crippen LogP contribution in [-0.2, 0) is 7.05 Å². The first kappa shape index (κ1) is 16.6. The molecule has 0 spiro atoms. The van der Waals surface area contributed by atoms with E-state index in [4.69, 9.17) is 0 Å². The molecule has 1 fully saturated rings. The Morgan fingerprint density at radius 2 is 2.08 bits per heavy atom. The van der Waals surface area contributed by atoms with Gasteiger partial charge in [0.05, 0.1) is 29.7 Å². The van der Waals surface area contributed by atoms with E-state index >= 15 is 0 Å². The number of carbonyl (C=O) groups is 1. The highest BCUT2D eigenvalue weighted by Gasteiger charge is 2.34. The molecule has 134 valence electrons. The fraction of sp³-hybridized carbons (Fsp3) is 0.350. The van der Waals surface area contributed by atoms with E-state index in [9.17, 15) is 4.79 Å². The molecular formula is C20H23N5O. The van der Waals surface area contributed by atoms with Crippen molar-refractivity contribution in [1.82, 2.24) is 19.4 Å². The molecule has 1 atom stereocenters. The van der Waals surface area contributed by atoms with Crippen molar-refractivity contribution in [3.05, 3.63) is 53.6 Å². The zero-order valence-corrected chi connectivity index (χ0v) is 15.4. The summed E-state index contributed by atoms with van der Waals surface area (Å²) in [5.74, 6) is 0.807. The number of hydrogen-bond acceptors (Lipinski definition) is 4. The predicted molar refractivity (Wildman–Crippen MR) is 102 cm³/mol. The lowest BCUT2D eigenvalue weighted by Crippen LogP contribution is -2.31. The molecule has 1 amide bonds. The molecule has 1 aliphatic rings. The van der Waals surface area contributed by atoms with Crippen LogP contribution in [0.15, 0.2) is 36.7 Å². The van der Waals surface area contributed by atoms with Gasteiger partial charge in [-0.1, -0.05) is 18.2 Å². The Morgan fingerprint density at radius 1 is 1.27 bits per heavy atom. The van der Waals surface area contributed by atoms with Crippen molar-refractivity contribution in [2.45, 2.75) is 25.8 Å². The zero-order chi connectivity index (χ0) is 18.3. The fourth-order valence-electron chi connectivity index (χ4n) is 3.91. The van der Waals surface area contributed by atoms with E-state index in [1.807, 2.05) is 44.1 Å². The summed E-state index contributed by atoms with van der Waals surface area (Å²) in [6, 6.07) is 8.06. The monoisotopic (exact) mass is 349 g/mol. The number of likely N-dealkylation sites (tertiary alicyclic amines) is 1. The summed E-state index contributed by atoms with van der Waals surface area (Å²) in [5, 5.41) is 4.04. The number of carbonyl (C=O) groups excluding carboxylic acids is 1. The van der Waals surface area contributed by atoms with Crippen molar-refractivity contribution in [3.63, 3.8) is 0 Å². The van der Waals surface area contributed by atoms with Crippen LogP contribution in [0.5, 0.6) is 0 Å². The summed E-state index contributed by atoms with van der Waals surface area (Å²) in [4.78, 5) is 24.3. The van der Waals surface area contributed by atoms with Crippen LogP contribution in [0.2, 0.25) is 0 Å². The molecule has 3 aromatic rings. The lowest BCUT2D eigenvalue weighted by atomic mass is 10.1. The Balaban J connectivity index is 1.75. The number of aryl methyl sites for hydroxylation is 1. The summed E-state index contributed by atoms with van der Waals surface area (Å²) in [7, 11) is 3.84. The van der Waals surface area contributed by atoms with E-state index < -0.39 is 0 Å². The lowest BCUT2D eigenvalue weighted by molar-refractivity contribution is 0.0734. The van der Waals surface area contributed by atoms with Gasteiger partial charge in [-0.05, 0) is 25.8 Å².